The average molecular weight is 421 g/mol. The van der Waals surface area contributed by atoms with E-state index >= 15 is 0 Å². The molecular formula is C28H23NO3. The Morgan fingerprint density at radius 3 is 2.03 bits per heavy atom. The number of carbonyl (C=O) groups excluding carboxylic acids is 2. The molecule has 1 aromatic heterocycles. The number of Topliss-reactive ketones (excluding diaryl/α,β-unsaturated/α-hetero) is 2. The third-order valence-electron chi connectivity index (χ3n) is 6.02. The molecule has 32 heavy (non-hydrogen) atoms. The molecule has 4 heteroatoms. The second kappa shape index (κ2) is 8.69. The Bertz CT molecular complexity index is 1300. The zero-order valence-corrected chi connectivity index (χ0v) is 17.7. The van der Waals surface area contributed by atoms with E-state index in [4.69, 9.17) is 0 Å². The Hall–Kier alpha value is -3.89. The molecule has 1 heterocycles. The van der Waals surface area contributed by atoms with Gasteiger partial charge in [0.1, 0.15) is 0 Å². The van der Waals surface area contributed by atoms with Crippen LogP contribution in [0.3, 0.4) is 0 Å². The fraction of sp³-hybridized carbons (Fsp3) is 0.107. The predicted octanol–water partition coefficient (Wildman–Crippen LogP) is 4.98. The van der Waals surface area contributed by atoms with E-state index in [9.17, 15) is 9.59 Å². The molecule has 0 bridgehead atoms. The molecule has 1 unspecified atom stereocenters. The minimum Gasteiger partial charge on any atom is -0.870 e. The monoisotopic (exact) mass is 421 g/mol. The first kappa shape index (κ1) is 21.3. The Morgan fingerprint density at radius 2 is 1.34 bits per heavy atom. The van der Waals surface area contributed by atoms with E-state index in [2.05, 4.69) is 12.1 Å². The van der Waals surface area contributed by atoms with Crippen LogP contribution in [0.4, 0.5) is 0 Å². The van der Waals surface area contributed by atoms with Crippen LogP contribution >= 0.6 is 0 Å². The summed E-state index contributed by atoms with van der Waals surface area (Å²) in [4.78, 5) is 26.4. The van der Waals surface area contributed by atoms with E-state index in [0.29, 0.717) is 11.1 Å². The standard InChI is InChI=1S/C28H22NO2.H2O/c1-19-16-24-22-14-8-9-15-23(22)27(28(31)21-12-6-3-7-13-21)25(24)17-29(19)18-26(30)20-10-4-2-5-11-20;/h2-17,27H,18H2,1H3;1H2/q+1;/p-1. The van der Waals surface area contributed by atoms with Gasteiger partial charge >= 0.3 is 0 Å². The summed E-state index contributed by atoms with van der Waals surface area (Å²) in [6.45, 7) is 2.25. The van der Waals surface area contributed by atoms with Gasteiger partial charge in [-0.05, 0) is 16.7 Å². The summed E-state index contributed by atoms with van der Waals surface area (Å²) in [6.07, 6.45) is 2.00. The Balaban J connectivity index is 0.00000245. The second-order valence-electron chi connectivity index (χ2n) is 7.95. The van der Waals surface area contributed by atoms with E-state index in [0.717, 1.165) is 27.9 Å². The molecule has 0 spiro atoms. The van der Waals surface area contributed by atoms with Crippen LogP contribution in [0.5, 0.6) is 0 Å². The van der Waals surface area contributed by atoms with Gasteiger partial charge in [0, 0.05) is 29.7 Å². The van der Waals surface area contributed by atoms with E-state index in [1.807, 2.05) is 96.6 Å². The molecular weight excluding hydrogens is 398 g/mol. The van der Waals surface area contributed by atoms with Crippen molar-refractivity contribution in [3.63, 3.8) is 0 Å². The summed E-state index contributed by atoms with van der Waals surface area (Å²) >= 11 is 0. The molecule has 5 rings (SSSR count). The first-order valence-electron chi connectivity index (χ1n) is 10.4. The van der Waals surface area contributed by atoms with Crippen molar-refractivity contribution in [2.45, 2.75) is 19.4 Å². The minimum atomic E-state index is -0.368. The average Bonchev–Trinajstić information content (AvgIpc) is 3.13. The van der Waals surface area contributed by atoms with Gasteiger partial charge in [0.25, 0.3) is 0 Å². The smallest absolute Gasteiger partial charge is 0.227 e. The lowest BCUT2D eigenvalue weighted by molar-refractivity contribution is -0.689. The van der Waals surface area contributed by atoms with Gasteiger partial charge in [0.05, 0.1) is 5.92 Å². The van der Waals surface area contributed by atoms with Gasteiger partial charge in [-0.1, -0.05) is 84.9 Å². The number of hydrogen-bond donors (Lipinski definition) is 0. The van der Waals surface area contributed by atoms with Crippen molar-refractivity contribution in [2.75, 3.05) is 0 Å². The van der Waals surface area contributed by atoms with Crippen molar-refractivity contribution in [1.29, 1.82) is 0 Å². The lowest BCUT2D eigenvalue weighted by atomic mass is 9.89. The minimum absolute atomic E-state index is 0. The van der Waals surface area contributed by atoms with E-state index in [1.54, 1.807) is 0 Å². The van der Waals surface area contributed by atoms with Crippen molar-refractivity contribution in [2.24, 2.45) is 0 Å². The maximum atomic E-state index is 13.5. The van der Waals surface area contributed by atoms with Crippen LogP contribution in [0, 0.1) is 6.92 Å². The molecule has 0 saturated carbocycles. The number of aryl methyl sites for hydroxylation is 1. The number of hydrogen-bond acceptors (Lipinski definition) is 3. The molecule has 158 valence electrons. The topological polar surface area (TPSA) is 68.0 Å². The Labute approximate surface area is 187 Å². The molecule has 4 aromatic rings. The number of nitrogens with zero attached hydrogens (tertiary/aromatic N) is 1. The van der Waals surface area contributed by atoms with Gasteiger partial charge < -0.3 is 5.48 Å². The van der Waals surface area contributed by atoms with Crippen molar-refractivity contribution >= 4 is 11.6 Å². The molecule has 1 aliphatic rings. The van der Waals surface area contributed by atoms with E-state index < -0.39 is 0 Å². The van der Waals surface area contributed by atoms with Crippen LogP contribution in [0.25, 0.3) is 11.1 Å². The maximum Gasteiger partial charge on any atom is 0.227 e. The highest BCUT2D eigenvalue weighted by molar-refractivity contribution is 6.07. The molecule has 1 atom stereocenters. The van der Waals surface area contributed by atoms with Gasteiger partial charge in [0.2, 0.25) is 12.3 Å². The molecule has 4 nitrogen and oxygen atoms in total. The van der Waals surface area contributed by atoms with Crippen molar-refractivity contribution in [3.05, 3.63) is 125 Å². The maximum absolute atomic E-state index is 13.5. The summed E-state index contributed by atoms with van der Waals surface area (Å²) < 4.78 is 1.96. The summed E-state index contributed by atoms with van der Waals surface area (Å²) in [5, 5.41) is 0. The molecule has 1 aliphatic carbocycles. The third kappa shape index (κ3) is 3.66. The summed E-state index contributed by atoms with van der Waals surface area (Å²) in [7, 11) is 0. The first-order valence-corrected chi connectivity index (χ1v) is 10.4. The molecule has 0 radical (unpaired) electrons. The molecule has 0 fully saturated rings. The van der Waals surface area contributed by atoms with Crippen molar-refractivity contribution < 1.29 is 19.6 Å². The van der Waals surface area contributed by atoms with Crippen LogP contribution < -0.4 is 4.57 Å². The summed E-state index contributed by atoms with van der Waals surface area (Å²) in [5.41, 5.74) is 6.53. The van der Waals surface area contributed by atoms with Gasteiger partial charge in [-0.2, -0.15) is 4.57 Å². The number of carbonyl (C=O) groups is 2. The molecule has 0 aliphatic heterocycles. The van der Waals surface area contributed by atoms with Crippen LogP contribution in [-0.4, -0.2) is 17.0 Å². The highest BCUT2D eigenvalue weighted by atomic mass is 16.1. The van der Waals surface area contributed by atoms with Gasteiger partial charge in [-0.15, -0.1) is 0 Å². The van der Waals surface area contributed by atoms with Gasteiger partial charge in [-0.25, -0.2) is 0 Å². The highest BCUT2D eigenvalue weighted by Crippen LogP contribution is 2.45. The zero-order chi connectivity index (χ0) is 21.4. The lowest BCUT2D eigenvalue weighted by Gasteiger charge is -2.12. The van der Waals surface area contributed by atoms with Crippen LogP contribution in [0.2, 0.25) is 0 Å². The quantitative estimate of drug-likeness (QED) is 0.337. The SMILES string of the molecule is Cc1cc2c(c[n+]1CC(=O)c1ccccc1)C(C(=O)c1ccccc1)c1ccccc1-2.[OH-]. The predicted molar refractivity (Wildman–Crippen MR) is 122 cm³/mol. The Morgan fingerprint density at radius 1 is 0.750 bits per heavy atom. The lowest BCUT2D eigenvalue weighted by Crippen LogP contribution is -2.41. The van der Waals surface area contributed by atoms with Crippen LogP contribution in [0.15, 0.2) is 97.2 Å². The van der Waals surface area contributed by atoms with Crippen LogP contribution in [-0.2, 0) is 6.54 Å². The number of aromatic nitrogens is 1. The van der Waals surface area contributed by atoms with Gasteiger partial charge in [-0.3, -0.25) is 9.59 Å². The van der Waals surface area contributed by atoms with Crippen molar-refractivity contribution in [3.8, 4) is 11.1 Å². The largest absolute Gasteiger partial charge is 0.870 e. The molecule has 3 aromatic carbocycles. The zero-order valence-electron chi connectivity index (χ0n) is 17.7. The number of rotatable bonds is 5. The molecule has 0 amide bonds. The number of fused-ring (bicyclic) bond motifs is 3. The van der Waals surface area contributed by atoms with E-state index in [1.165, 1.54) is 0 Å². The van der Waals surface area contributed by atoms with Gasteiger partial charge in [0.15, 0.2) is 17.7 Å². The second-order valence-corrected chi connectivity index (χ2v) is 7.95. The molecule has 0 saturated heterocycles. The van der Waals surface area contributed by atoms with E-state index in [-0.39, 0.29) is 29.5 Å². The summed E-state index contributed by atoms with van der Waals surface area (Å²) in [5.74, 6) is -0.237. The summed E-state index contributed by atoms with van der Waals surface area (Å²) in [6, 6.07) is 29.0. The normalized spacial score (nSPS) is 13.6. The fourth-order valence-corrected chi connectivity index (χ4v) is 4.43. The third-order valence-corrected chi connectivity index (χ3v) is 6.02. The van der Waals surface area contributed by atoms with Crippen LogP contribution in [0.1, 0.15) is 43.5 Å². The number of benzene rings is 3. The number of ketones is 2. The number of pyridine rings is 1. The fourth-order valence-electron chi connectivity index (χ4n) is 4.43. The molecule has 1 N–H and O–H groups in total. The highest BCUT2D eigenvalue weighted by Gasteiger charge is 2.37. The first-order chi connectivity index (χ1) is 15.1. The van der Waals surface area contributed by atoms with Crippen molar-refractivity contribution in [1.82, 2.24) is 0 Å². The Kier molecular flexibility index (Phi) is 5.80.